The van der Waals surface area contributed by atoms with E-state index in [1.807, 2.05) is 24.3 Å². The van der Waals surface area contributed by atoms with E-state index in [2.05, 4.69) is 10.3 Å². The highest BCUT2D eigenvalue weighted by Crippen LogP contribution is 2.22. The van der Waals surface area contributed by atoms with E-state index in [0.717, 1.165) is 17.7 Å². The molecule has 18 heavy (non-hydrogen) atoms. The van der Waals surface area contributed by atoms with E-state index in [9.17, 15) is 4.79 Å². The number of aryl methyl sites for hydroxylation is 1. The number of nitrogens with zero attached hydrogens (tertiary/aromatic N) is 1. The van der Waals surface area contributed by atoms with E-state index >= 15 is 0 Å². The molecule has 0 bridgehead atoms. The predicted molar refractivity (Wildman–Crippen MR) is 69.5 cm³/mol. The van der Waals surface area contributed by atoms with Crippen LogP contribution in [0.2, 0.25) is 0 Å². The largest absolute Gasteiger partial charge is 0.497 e. The van der Waals surface area contributed by atoms with Gasteiger partial charge in [0.2, 0.25) is 0 Å². The normalized spacial score (nSPS) is 22.6. The van der Waals surface area contributed by atoms with Crippen molar-refractivity contribution in [2.75, 3.05) is 7.11 Å². The number of carbonyl (C=O) groups excluding carboxylic acids is 1. The highest BCUT2D eigenvalue weighted by molar-refractivity contribution is 6.06. The van der Waals surface area contributed by atoms with Crippen LogP contribution in [0.4, 0.5) is 0 Å². The number of ether oxygens (including phenoxy) is 1. The molecule has 1 aliphatic heterocycles. The Labute approximate surface area is 106 Å². The quantitative estimate of drug-likeness (QED) is 0.827. The number of nitrogens with one attached hydrogen (secondary N) is 1. The average molecular weight is 247 g/mol. The van der Waals surface area contributed by atoms with Crippen LogP contribution in [0.15, 0.2) is 29.3 Å². The van der Waals surface area contributed by atoms with E-state index < -0.39 is 5.54 Å². The van der Waals surface area contributed by atoms with Crippen molar-refractivity contribution in [3.8, 4) is 5.75 Å². The third-order valence-corrected chi connectivity index (χ3v) is 3.16. The molecule has 96 valence electrons. The summed E-state index contributed by atoms with van der Waals surface area (Å²) in [6, 6.07) is 7.79. The first-order valence-corrected chi connectivity index (χ1v) is 5.83. The zero-order chi connectivity index (χ0) is 13.2. The summed E-state index contributed by atoms with van der Waals surface area (Å²) in [6.45, 7) is 1.80. The van der Waals surface area contributed by atoms with Crippen LogP contribution in [0.25, 0.3) is 0 Å². The Kier molecular flexibility index (Phi) is 3.23. The molecule has 1 atom stereocenters. The molecule has 0 saturated carbocycles. The summed E-state index contributed by atoms with van der Waals surface area (Å²) in [4.78, 5) is 15.9. The first-order chi connectivity index (χ1) is 8.53. The fourth-order valence-corrected chi connectivity index (χ4v) is 1.94. The number of hydrogen-bond acceptors (Lipinski definition) is 4. The van der Waals surface area contributed by atoms with Gasteiger partial charge in [-0.15, -0.1) is 0 Å². The van der Waals surface area contributed by atoms with Crippen LogP contribution in [0.1, 0.15) is 18.9 Å². The second-order valence-electron chi connectivity index (χ2n) is 4.57. The van der Waals surface area contributed by atoms with Gasteiger partial charge in [-0.25, -0.2) is 4.99 Å². The number of guanidine groups is 1. The summed E-state index contributed by atoms with van der Waals surface area (Å²) in [7, 11) is 1.64. The Morgan fingerprint density at radius 1 is 1.39 bits per heavy atom. The summed E-state index contributed by atoms with van der Waals surface area (Å²) >= 11 is 0. The lowest BCUT2D eigenvalue weighted by molar-refractivity contribution is -0.123. The van der Waals surface area contributed by atoms with Gasteiger partial charge in [-0.05, 0) is 37.5 Å². The summed E-state index contributed by atoms with van der Waals surface area (Å²) in [6.07, 6.45) is 1.40. The lowest BCUT2D eigenvalue weighted by Crippen LogP contribution is -2.39. The summed E-state index contributed by atoms with van der Waals surface area (Å²) in [5.74, 6) is 0.900. The molecule has 1 aromatic carbocycles. The number of hydrogen-bond donors (Lipinski definition) is 2. The smallest absolute Gasteiger partial charge is 0.254 e. The minimum atomic E-state index is -0.746. The van der Waals surface area contributed by atoms with Crippen molar-refractivity contribution < 1.29 is 9.53 Å². The Hall–Kier alpha value is -2.04. The standard InChI is InChI=1S/C13H17N3O2/c1-13(11(17)15-12(14)16-13)8-7-9-3-5-10(18-2)6-4-9/h3-6H,7-8H2,1-2H3,(H3,14,15,16,17). The number of methoxy groups -OCH3 is 1. The third kappa shape index (κ3) is 2.45. The molecule has 0 aromatic heterocycles. The highest BCUT2D eigenvalue weighted by Gasteiger charge is 2.37. The zero-order valence-electron chi connectivity index (χ0n) is 10.6. The van der Waals surface area contributed by atoms with Crippen molar-refractivity contribution in [1.29, 1.82) is 0 Å². The lowest BCUT2D eigenvalue weighted by Gasteiger charge is -2.17. The van der Waals surface area contributed by atoms with Crippen LogP contribution in [0.5, 0.6) is 5.75 Å². The molecular formula is C13H17N3O2. The molecule has 1 amide bonds. The SMILES string of the molecule is COc1ccc(CCC2(C)N=C(N)NC2=O)cc1. The molecule has 0 saturated heterocycles. The Balaban J connectivity index is 2.01. The van der Waals surface area contributed by atoms with Crippen molar-refractivity contribution >= 4 is 11.9 Å². The van der Waals surface area contributed by atoms with Gasteiger partial charge in [0.25, 0.3) is 5.91 Å². The second-order valence-corrected chi connectivity index (χ2v) is 4.57. The Bertz CT molecular complexity index is 482. The molecule has 0 fully saturated rings. The number of amides is 1. The lowest BCUT2D eigenvalue weighted by atomic mass is 9.94. The van der Waals surface area contributed by atoms with E-state index in [1.54, 1.807) is 14.0 Å². The van der Waals surface area contributed by atoms with E-state index in [-0.39, 0.29) is 11.9 Å². The molecule has 1 heterocycles. The van der Waals surface area contributed by atoms with Crippen molar-refractivity contribution in [1.82, 2.24) is 5.32 Å². The maximum Gasteiger partial charge on any atom is 0.254 e. The Morgan fingerprint density at radius 2 is 2.06 bits per heavy atom. The molecule has 1 aromatic rings. The molecule has 3 N–H and O–H groups in total. The van der Waals surface area contributed by atoms with Gasteiger partial charge >= 0.3 is 0 Å². The van der Waals surface area contributed by atoms with Crippen molar-refractivity contribution in [3.05, 3.63) is 29.8 Å². The number of nitrogens with two attached hydrogens (primary N) is 1. The Morgan fingerprint density at radius 3 is 2.56 bits per heavy atom. The van der Waals surface area contributed by atoms with Gasteiger partial charge in [0.15, 0.2) is 5.96 Å². The molecule has 0 spiro atoms. The van der Waals surface area contributed by atoms with Crippen LogP contribution >= 0.6 is 0 Å². The highest BCUT2D eigenvalue weighted by atomic mass is 16.5. The topological polar surface area (TPSA) is 76.7 Å². The fourth-order valence-electron chi connectivity index (χ4n) is 1.94. The molecular weight excluding hydrogens is 230 g/mol. The van der Waals surface area contributed by atoms with Crippen LogP contribution in [-0.4, -0.2) is 24.5 Å². The molecule has 1 aliphatic rings. The molecule has 5 heteroatoms. The van der Waals surface area contributed by atoms with E-state index in [4.69, 9.17) is 10.5 Å². The molecule has 0 radical (unpaired) electrons. The molecule has 2 rings (SSSR count). The minimum Gasteiger partial charge on any atom is -0.497 e. The minimum absolute atomic E-state index is 0.131. The predicted octanol–water partition coefficient (Wildman–Crippen LogP) is 0.831. The number of rotatable bonds is 4. The second kappa shape index (κ2) is 4.68. The van der Waals surface area contributed by atoms with Gasteiger partial charge in [-0.1, -0.05) is 12.1 Å². The third-order valence-electron chi connectivity index (χ3n) is 3.16. The summed E-state index contributed by atoms with van der Waals surface area (Å²) in [5.41, 5.74) is 5.91. The number of aliphatic imine (C=N–C) groups is 1. The van der Waals surface area contributed by atoms with E-state index in [1.165, 1.54) is 0 Å². The van der Waals surface area contributed by atoms with Gasteiger partial charge < -0.3 is 10.5 Å². The molecule has 0 aliphatic carbocycles. The van der Waals surface area contributed by atoms with Gasteiger partial charge in [-0.3, -0.25) is 10.1 Å². The fraction of sp³-hybridized carbons (Fsp3) is 0.385. The van der Waals surface area contributed by atoms with E-state index in [0.29, 0.717) is 6.42 Å². The van der Waals surface area contributed by atoms with Gasteiger partial charge in [-0.2, -0.15) is 0 Å². The van der Waals surface area contributed by atoms with Gasteiger partial charge in [0.1, 0.15) is 11.3 Å². The number of benzene rings is 1. The zero-order valence-corrected chi connectivity index (χ0v) is 10.6. The molecule has 5 nitrogen and oxygen atoms in total. The van der Waals surface area contributed by atoms with Crippen LogP contribution in [0.3, 0.4) is 0 Å². The first-order valence-electron chi connectivity index (χ1n) is 5.83. The maximum absolute atomic E-state index is 11.7. The summed E-state index contributed by atoms with van der Waals surface area (Å²) < 4.78 is 5.10. The van der Waals surface area contributed by atoms with Crippen LogP contribution in [-0.2, 0) is 11.2 Å². The van der Waals surface area contributed by atoms with Crippen LogP contribution < -0.4 is 15.8 Å². The maximum atomic E-state index is 11.7. The van der Waals surface area contributed by atoms with Crippen molar-refractivity contribution in [2.45, 2.75) is 25.3 Å². The first kappa shape index (κ1) is 12.4. The van der Waals surface area contributed by atoms with Crippen LogP contribution in [0, 0.1) is 0 Å². The van der Waals surface area contributed by atoms with Gasteiger partial charge in [0, 0.05) is 0 Å². The van der Waals surface area contributed by atoms with Crippen molar-refractivity contribution in [3.63, 3.8) is 0 Å². The molecule has 1 unspecified atom stereocenters. The number of carbonyl (C=O) groups is 1. The van der Waals surface area contributed by atoms with Gasteiger partial charge in [0.05, 0.1) is 7.11 Å². The van der Waals surface area contributed by atoms with Crippen molar-refractivity contribution in [2.24, 2.45) is 10.7 Å². The monoisotopic (exact) mass is 247 g/mol. The average Bonchev–Trinajstić information content (AvgIpc) is 2.61. The summed E-state index contributed by atoms with van der Waals surface area (Å²) in [5, 5.41) is 2.53.